The first kappa shape index (κ1) is 15.9. The Bertz CT molecular complexity index is 442. The van der Waals surface area contributed by atoms with Crippen molar-refractivity contribution in [3.8, 4) is 0 Å². The highest BCUT2D eigenvalue weighted by molar-refractivity contribution is 5.19. The number of rotatable bonds is 6. The number of ether oxygens (including phenoxy) is 1. The largest absolute Gasteiger partial charge is 0.373 e. The van der Waals surface area contributed by atoms with Gasteiger partial charge in [-0.2, -0.15) is 0 Å². The summed E-state index contributed by atoms with van der Waals surface area (Å²) in [5, 5.41) is 10.9. The molecule has 1 heterocycles. The molecule has 1 aliphatic heterocycles. The van der Waals surface area contributed by atoms with Gasteiger partial charge in [-0.25, -0.2) is 0 Å². The zero-order chi connectivity index (χ0) is 15.2. The van der Waals surface area contributed by atoms with E-state index in [0.29, 0.717) is 0 Å². The third-order valence-corrected chi connectivity index (χ3v) is 3.93. The summed E-state index contributed by atoms with van der Waals surface area (Å²) in [5.41, 5.74) is 1.06. The van der Waals surface area contributed by atoms with Crippen LogP contribution in [0.25, 0.3) is 0 Å². The molecule has 0 radical (unpaired) electrons. The van der Waals surface area contributed by atoms with Crippen molar-refractivity contribution in [3.63, 3.8) is 0 Å². The Balaban J connectivity index is 1.94. The average molecular weight is 292 g/mol. The maximum Gasteiger partial charge on any atom is 0.210 e. The van der Waals surface area contributed by atoms with E-state index in [0.717, 1.165) is 31.6 Å². The van der Waals surface area contributed by atoms with Crippen LogP contribution in [0.2, 0.25) is 0 Å². The molecular weight excluding hydrogens is 268 g/mol. The van der Waals surface area contributed by atoms with Crippen LogP contribution in [0.3, 0.4) is 0 Å². The quantitative estimate of drug-likeness (QED) is 0.597. The summed E-state index contributed by atoms with van der Waals surface area (Å²) in [5.74, 6) is -0.0188. The molecule has 0 unspecified atom stereocenters. The Labute approximate surface area is 126 Å². The molecule has 3 atom stereocenters. The van der Waals surface area contributed by atoms with E-state index in [1.165, 1.54) is 0 Å². The lowest BCUT2D eigenvalue weighted by Gasteiger charge is -2.35. The van der Waals surface area contributed by atoms with E-state index in [9.17, 15) is 10.1 Å². The summed E-state index contributed by atoms with van der Waals surface area (Å²) in [6, 6.07) is 9.80. The van der Waals surface area contributed by atoms with Gasteiger partial charge in [-0.05, 0) is 32.4 Å². The van der Waals surface area contributed by atoms with Crippen molar-refractivity contribution in [2.45, 2.75) is 38.4 Å². The van der Waals surface area contributed by atoms with Crippen LogP contribution < -0.4 is 0 Å². The third-order valence-electron chi connectivity index (χ3n) is 3.93. The number of hydrogen-bond donors (Lipinski definition) is 0. The van der Waals surface area contributed by atoms with Gasteiger partial charge in [0.2, 0.25) is 6.54 Å². The minimum absolute atomic E-state index is 0.000535. The molecule has 0 aliphatic carbocycles. The van der Waals surface area contributed by atoms with Gasteiger partial charge in [0.25, 0.3) is 0 Å². The molecule has 5 heteroatoms. The maximum atomic E-state index is 10.9. The smallest absolute Gasteiger partial charge is 0.210 e. The van der Waals surface area contributed by atoms with Gasteiger partial charge in [0, 0.05) is 23.9 Å². The van der Waals surface area contributed by atoms with E-state index >= 15 is 0 Å². The Morgan fingerprint density at radius 2 is 1.90 bits per heavy atom. The number of benzene rings is 1. The Morgan fingerprint density at radius 1 is 1.29 bits per heavy atom. The molecule has 0 bridgehead atoms. The normalized spacial score (nSPS) is 24.7. The van der Waals surface area contributed by atoms with Crippen LogP contribution >= 0.6 is 0 Å². The van der Waals surface area contributed by atoms with Gasteiger partial charge in [0.1, 0.15) is 0 Å². The third kappa shape index (κ3) is 5.10. The average Bonchev–Trinajstić information content (AvgIpc) is 2.43. The lowest BCUT2D eigenvalue weighted by molar-refractivity contribution is -0.483. The molecule has 21 heavy (non-hydrogen) atoms. The van der Waals surface area contributed by atoms with Crippen molar-refractivity contribution >= 4 is 0 Å². The van der Waals surface area contributed by atoms with E-state index < -0.39 is 0 Å². The fourth-order valence-electron chi connectivity index (χ4n) is 3.07. The molecule has 1 aromatic rings. The van der Waals surface area contributed by atoms with E-state index in [1.54, 1.807) is 0 Å². The number of nitro groups is 1. The fraction of sp³-hybridized carbons (Fsp3) is 0.625. The number of hydrogen-bond acceptors (Lipinski definition) is 4. The van der Waals surface area contributed by atoms with Crippen molar-refractivity contribution < 1.29 is 9.66 Å². The number of morpholine rings is 1. The predicted molar refractivity (Wildman–Crippen MR) is 82.1 cm³/mol. The van der Waals surface area contributed by atoms with Gasteiger partial charge in [0.15, 0.2) is 0 Å². The molecule has 1 aliphatic rings. The summed E-state index contributed by atoms with van der Waals surface area (Å²) in [7, 11) is 0. The molecule has 0 N–H and O–H groups in total. The lowest BCUT2D eigenvalue weighted by atomic mass is 9.95. The molecule has 5 nitrogen and oxygen atoms in total. The first-order chi connectivity index (χ1) is 10.0. The second-order valence-electron chi connectivity index (χ2n) is 5.93. The zero-order valence-corrected chi connectivity index (χ0v) is 12.8. The van der Waals surface area contributed by atoms with Crippen molar-refractivity contribution in [2.24, 2.45) is 0 Å². The van der Waals surface area contributed by atoms with Crippen LogP contribution in [0.1, 0.15) is 31.7 Å². The summed E-state index contributed by atoms with van der Waals surface area (Å²) in [4.78, 5) is 13.1. The molecule has 1 aromatic carbocycles. The summed E-state index contributed by atoms with van der Waals surface area (Å²) < 4.78 is 5.72. The minimum atomic E-state index is -0.206. The van der Waals surface area contributed by atoms with Crippen molar-refractivity contribution in [1.29, 1.82) is 0 Å². The molecule has 116 valence electrons. The van der Waals surface area contributed by atoms with Crippen molar-refractivity contribution in [1.82, 2.24) is 4.90 Å². The monoisotopic (exact) mass is 292 g/mol. The van der Waals surface area contributed by atoms with Gasteiger partial charge < -0.3 is 4.74 Å². The molecule has 0 aromatic heterocycles. The van der Waals surface area contributed by atoms with E-state index in [4.69, 9.17) is 4.74 Å². The Morgan fingerprint density at radius 3 is 2.48 bits per heavy atom. The molecule has 0 amide bonds. The van der Waals surface area contributed by atoms with Gasteiger partial charge >= 0.3 is 0 Å². The van der Waals surface area contributed by atoms with E-state index in [2.05, 4.69) is 18.7 Å². The fourth-order valence-corrected chi connectivity index (χ4v) is 3.07. The highest BCUT2D eigenvalue weighted by atomic mass is 16.6. The first-order valence-corrected chi connectivity index (χ1v) is 7.59. The lowest BCUT2D eigenvalue weighted by Crippen LogP contribution is -2.46. The van der Waals surface area contributed by atoms with Crippen LogP contribution in [0.15, 0.2) is 30.3 Å². The number of nitrogens with zero attached hydrogens (tertiary/aromatic N) is 2. The summed E-state index contributed by atoms with van der Waals surface area (Å²) in [6.07, 6.45) is 1.28. The Kier molecular flexibility index (Phi) is 5.70. The van der Waals surface area contributed by atoms with Gasteiger partial charge in [-0.15, -0.1) is 0 Å². The molecule has 2 rings (SSSR count). The van der Waals surface area contributed by atoms with Gasteiger partial charge in [-0.3, -0.25) is 15.0 Å². The highest BCUT2D eigenvalue weighted by Crippen LogP contribution is 2.21. The molecule has 0 spiro atoms. The van der Waals surface area contributed by atoms with E-state index in [-0.39, 0.29) is 29.6 Å². The maximum absolute atomic E-state index is 10.9. The van der Waals surface area contributed by atoms with E-state index in [1.807, 2.05) is 30.3 Å². The highest BCUT2D eigenvalue weighted by Gasteiger charge is 2.24. The van der Waals surface area contributed by atoms with Crippen LogP contribution in [-0.2, 0) is 4.74 Å². The van der Waals surface area contributed by atoms with Crippen LogP contribution in [-0.4, -0.2) is 48.2 Å². The predicted octanol–water partition coefficient (Wildman–Crippen LogP) is 2.55. The van der Waals surface area contributed by atoms with Crippen LogP contribution in [0.4, 0.5) is 0 Å². The second-order valence-corrected chi connectivity index (χ2v) is 5.93. The minimum Gasteiger partial charge on any atom is -0.373 e. The summed E-state index contributed by atoms with van der Waals surface area (Å²) in [6.45, 7) is 6.85. The topological polar surface area (TPSA) is 55.6 Å². The standard InChI is InChI=1S/C16H24N2O3/c1-13-10-17(11-14(2)21-13)9-8-16(12-18(19)20)15-6-4-3-5-7-15/h3-7,13-14,16H,8-12H2,1-2H3/t13-,14-,16+/m1/s1. The van der Waals surface area contributed by atoms with Crippen molar-refractivity contribution in [3.05, 3.63) is 46.0 Å². The van der Waals surface area contributed by atoms with Gasteiger partial charge in [0.05, 0.1) is 12.2 Å². The SMILES string of the molecule is C[C@@H]1CN(CC[C@@H](C[N+](=O)[O-])c2ccccc2)C[C@@H](C)O1. The molecule has 1 fully saturated rings. The van der Waals surface area contributed by atoms with Gasteiger partial charge in [-0.1, -0.05) is 30.3 Å². The Hall–Kier alpha value is -1.46. The zero-order valence-electron chi connectivity index (χ0n) is 12.8. The molecule has 0 saturated carbocycles. The summed E-state index contributed by atoms with van der Waals surface area (Å²) >= 11 is 0. The van der Waals surface area contributed by atoms with Crippen molar-refractivity contribution in [2.75, 3.05) is 26.2 Å². The second kappa shape index (κ2) is 7.52. The van der Waals surface area contributed by atoms with Crippen LogP contribution in [0, 0.1) is 10.1 Å². The molecular formula is C16H24N2O3. The first-order valence-electron chi connectivity index (χ1n) is 7.59. The molecule has 1 saturated heterocycles. The van der Waals surface area contributed by atoms with Crippen LogP contribution in [0.5, 0.6) is 0 Å².